The van der Waals surface area contributed by atoms with Crippen LogP contribution in [0.15, 0.2) is 18.2 Å². The zero-order valence-corrected chi connectivity index (χ0v) is 9.36. The fraction of sp³-hybridized carbons (Fsp3) is 0.273. The second-order valence-electron chi connectivity index (χ2n) is 3.38. The first-order valence-corrected chi connectivity index (χ1v) is 4.83. The van der Waals surface area contributed by atoms with E-state index < -0.39 is 23.7 Å². The molecule has 0 spiro atoms. The second kappa shape index (κ2) is 5.29. The van der Waals surface area contributed by atoms with Crippen LogP contribution in [0.2, 0.25) is 0 Å². The highest BCUT2D eigenvalue weighted by Crippen LogP contribution is 2.19. The summed E-state index contributed by atoms with van der Waals surface area (Å²) in [6.07, 6.45) is 0. The first kappa shape index (κ1) is 13.0. The number of methoxy groups -OCH3 is 1. The number of aliphatic carboxylic acids is 1. The molecule has 17 heavy (non-hydrogen) atoms. The first-order chi connectivity index (χ1) is 7.95. The van der Waals surface area contributed by atoms with Crippen molar-refractivity contribution in [3.05, 3.63) is 29.6 Å². The van der Waals surface area contributed by atoms with Gasteiger partial charge in [-0.25, -0.2) is 4.39 Å². The molecule has 0 heterocycles. The number of ether oxygens (including phenoxy) is 1. The third kappa shape index (κ3) is 3.17. The molecule has 0 aliphatic heterocycles. The van der Waals surface area contributed by atoms with Crippen LogP contribution < -0.4 is 10.1 Å². The topological polar surface area (TPSA) is 75.6 Å². The Hall–Kier alpha value is -2.11. The number of hydrogen-bond donors (Lipinski definition) is 2. The van der Waals surface area contributed by atoms with E-state index in [0.717, 1.165) is 12.1 Å². The lowest BCUT2D eigenvalue weighted by atomic mass is 10.1. The molecule has 0 saturated carbocycles. The largest absolute Gasteiger partial charge is 0.496 e. The molecule has 2 N–H and O–H groups in total. The molecular weight excluding hydrogens is 229 g/mol. The first-order valence-electron chi connectivity index (χ1n) is 4.83. The summed E-state index contributed by atoms with van der Waals surface area (Å²) >= 11 is 0. The van der Waals surface area contributed by atoms with Crippen LogP contribution in [-0.4, -0.2) is 30.1 Å². The number of rotatable bonds is 4. The summed E-state index contributed by atoms with van der Waals surface area (Å²) in [6.45, 7) is 1.31. The molecule has 0 radical (unpaired) electrons. The molecular formula is C11H12FNO4. The lowest BCUT2D eigenvalue weighted by molar-refractivity contribution is -0.138. The van der Waals surface area contributed by atoms with Gasteiger partial charge in [0.1, 0.15) is 17.6 Å². The lowest BCUT2D eigenvalue weighted by Gasteiger charge is -2.11. The van der Waals surface area contributed by atoms with Gasteiger partial charge in [-0.1, -0.05) is 0 Å². The summed E-state index contributed by atoms with van der Waals surface area (Å²) in [4.78, 5) is 22.2. The quantitative estimate of drug-likeness (QED) is 0.825. The summed E-state index contributed by atoms with van der Waals surface area (Å²) < 4.78 is 17.9. The lowest BCUT2D eigenvalue weighted by Crippen LogP contribution is -2.38. The maximum atomic E-state index is 13.0. The second-order valence-corrected chi connectivity index (χ2v) is 3.38. The minimum atomic E-state index is -1.17. The molecule has 0 aliphatic rings. The highest BCUT2D eigenvalue weighted by Gasteiger charge is 2.18. The van der Waals surface area contributed by atoms with Crippen molar-refractivity contribution >= 4 is 11.9 Å². The maximum absolute atomic E-state index is 13.0. The summed E-state index contributed by atoms with van der Waals surface area (Å²) in [6, 6.07) is 2.38. The molecule has 1 atom stereocenters. The summed E-state index contributed by atoms with van der Waals surface area (Å²) in [5, 5.41) is 10.9. The third-order valence-corrected chi connectivity index (χ3v) is 2.12. The van der Waals surface area contributed by atoms with Crippen molar-refractivity contribution in [1.82, 2.24) is 5.32 Å². The Morgan fingerprint density at radius 1 is 1.47 bits per heavy atom. The molecule has 1 aromatic carbocycles. The van der Waals surface area contributed by atoms with Crippen molar-refractivity contribution in [3.63, 3.8) is 0 Å². The van der Waals surface area contributed by atoms with E-state index in [9.17, 15) is 14.0 Å². The van der Waals surface area contributed by atoms with Gasteiger partial charge in [-0.3, -0.25) is 9.59 Å². The number of carboxylic acids is 1. The van der Waals surface area contributed by atoms with E-state index in [1.54, 1.807) is 0 Å². The van der Waals surface area contributed by atoms with E-state index in [2.05, 4.69) is 5.32 Å². The van der Waals surface area contributed by atoms with E-state index in [1.807, 2.05) is 0 Å². The van der Waals surface area contributed by atoms with Crippen LogP contribution in [0.5, 0.6) is 5.75 Å². The highest BCUT2D eigenvalue weighted by atomic mass is 19.1. The molecule has 5 nitrogen and oxygen atoms in total. The predicted molar refractivity (Wildman–Crippen MR) is 57.5 cm³/mol. The van der Waals surface area contributed by atoms with Crippen LogP contribution in [0.25, 0.3) is 0 Å². The number of halogens is 1. The fourth-order valence-electron chi connectivity index (χ4n) is 1.19. The van der Waals surface area contributed by atoms with Gasteiger partial charge in [0.05, 0.1) is 12.7 Å². The molecule has 6 heteroatoms. The molecule has 1 unspecified atom stereocenters. The van der Waals surface area contributed by atoms with Crippen molar-refractivity contribution in [1.29, 1.82) is 0 Å². The number of amides is 1. The van der Waals surface area contributed by atoms with Crippen LogP contribution in [0.4, 0.5) is 4.39 Å². The standard InChI is InChI=1S/C11H12FNO4/c1-6(11(15)16)13-10(14)8-5-7(12)3-4-9(8)17-2/h3-6H,1-2H3,(H,13,14)(H,15,16). The van der Waals surface area contributed by atoms with Gasteiger partial charge in [0.25, 0.3) is 5.91 Å². The van der Waals surface area contributed by atoms with Crippen LogP contribution in [0, 0.1) is 5.82 Å². The van der Waals surface area contributed by atoms with Gasteiger partial charge in [0.15, 0.2) is 0 Å². The molecule has 0 bridgehead atoms. The number of hydrogen-bond acceptors (Lipinski definition) is 3. The van der Waals surface area contributed by atoms with Gasteiger partial charge in [-0.15, -0.1) is 0 Å². The maximum Gasteiger partial charge on any atom is 0.325 e. The van der Waals surface area contributed by atoms with Gasteiger partial charge in [-0.05, 0) is 25.1 Å². The van der Waals surface area contributed by atoms with Gasteiger partial charge in [0.2, 0.25) is 0 Å². The minimum Gasteiger partial charge on any atom is -0.496 e. The average Bonchev–Trinajstić information content (AvgIpc) is 2.28. The monoisotopic (exact) mass is 241 g/mol. The number of benzene rings is 1. The van der Waals surface area contributed by atoms with Crippen LogP contribution in [-0.2, 0) is 4.79 Å². The fourth-order valence-corrected chi connectivity index (χ4v) is 1.19. The van der Waals surface area contributed by atoms with Crippen molar-refractivity contribution in [2.75, 3.05) is 7.11 Å². The molecule has 0 fully saturated rings. The molecule has 0 aliphatic carbocycles. The van der Waals surface area contributed by atoms with Crippen molar-refractivity contribution in [3.8, 4) is 5.75 Å². The number of carboxylic acid groups (broad SMARTS) is 1. The molecule has 1 rings (SSSR count). The Morgan fingerprint density at radius 3 is 2.65 bits per heavy atom. The smallest absolute Gasteiger partial charge is 0.325 e. The molecule has 92 valence electrons. The highest BCUT2D eigenvalue weighted by molar-refractivity contribution is 5.98. The predicted octanol–water partition coefficient (Wildman–Crippen LogP) is 1.04. The number of carbonyl (C=O) groups excluding carboxylic acids is 1. The summed E-state index contributed by atoms with van der Waals surface area (Å²) in [5.41, 5.74) is -0.0411. The molecule has 0 saturated heterocycles. The van der Waals surface area contributed by atoms with E-state index >= 15 is 0 Å². The Kier molecular flexibility index (Phi) is 4.03. The summed E-state index contributed by atoms with van der Waals surface area (Å²) in [7, 11) is 1.34. The number of nitrogens with one attached hydrogen (secondary N) is 1. The van der Waals surface area contributed by atoms with E-state index in [0.29, 0.717) is 0 Å². The van der Waals surface area contributed by atoms with E-state index in [4.69, 9.17) is 9.84 Å². The zero-order valence-electron chi connectivity index (χ0n) is 9.36. The van der Waals surface area contributed by atoms with Crippen LogP contribution in [0.3, 0.4) is 0 Å². The Bertz CT molecular complexity index is 447. The minimum absolute atomic E-state index is 0.0411. The Morgan fingerprint density at radius 2 is 2.12 bits per heavy atom. The zero-order chi connectivity index (χ0) is 13.0. The van der Waals surface area contributed by atoms with Crippen molar-refractivity contribution in [2.45, 2.75) is 13.0 Å². The van der Waals surface area contributed by atoms with Crippen LogP contribution >= 0.6 is 0 Å². The van der Waals surface area contributed by atoms with Crippen molar-refractivity contribution < 1.29 is 23.8 Å². The Labute approximate surface area is 97.2 Å². The third-order valence-electron chi connectivity index (χ3n) is 2.12. The van der Waals surface area contributed by atoms with Gasteiger partial charge >= 0.3 is 5.97 Å². The van der Waals surface area contributed by atoms with Gasteiger partial charge in [0, 0.05) is 0 Å². The number of carbonyl (C=O) groups is 2. The van der Waals surface area contributed by atoms with Gasteiger partial charge in [-0.2, -0.15) is 0 Å². The van der Waals surface area contributed by atoms with Crippen LogP contribution in [0.1, 0.15) is 17.3 Å². The Balaban J connectivity index is 2.95. The van der Waals surface area contributed by atoms with Crippen molar-refractivity contribution in [2.24, 2.45) is 0 Å². The van der Waals surface area contributed by atoms with Gasteiger partial charge < -0.3 is 15.2 Å². The normalized spacial score (nSPS) is 11.7. The van der Waals surface area contributed by atoms with E-state index in [-0.39, 0.29) is 11.3 Å². The molecule has 0 aromatic heterocycles. The molecule has 1 amide bonds. The average molecular weight is 241 g/mol. The SMILES string of the molecule is COc1ccc(F)cc1C(=O)NC(C)C(=O)O. The van der Waals surface area contributed by atoms with E-state index in [1.165, 1.54) is 20.1 Å². The molecule has 1 aromatic rings. The summed E-state index contributed by atoms with van der Waals surface area (Å²) in [5.74, 6) is -2.29.